The van der Waals surface area contributed by atoms with Gasteiger partial charge in [-0.2, -0.15) is 0 Å². The Balaban J connectivity index is 1.63. The predicted octanol–water partition coefficient (Wildman–Crippen LogP) is 2.15. The highest BCUT2D eigenvalue weighted by atomic mass is 16.2. The molecular formula is C19H36N4O2. The third-order valence-corrected chi connectivity index (χ3v) is 5.27. The number of carbonyl (C=O) groups excluding carboxylic acids is 2. The SMILES string of the molecule is CC(C)CCCC(C)NC(=O)N1CCN(CC(=O)N2CCCC2)CC1. The molecule has 0 aliphatic carbocycles. The predicted molar refractivity (Wildman–Crippen MR) is 101 cm³/mol. The van der Waals surface area contributed by atoms with Crippen molar-refractivity contribution in [3.63, 3.8) is 0 Å². The second-order valence-corrected chi connectivity index (χ2v) is 8.03. The molecular weight excluding hydrogens is 316 g/mol. The minimum atomic E-state index is 0.0440. The van der Waals surface area contributed by atoms with Gasteiger partial charge in [0.15, 0.2) is 0 Å². The molecule has 2 heterocycles. The van der Waals surface area contributed by atoms with E-state index in [0.717, 1.165) is 57.8 Å². The first-order valence-corrected chi connectivity index (χ1v) is 10.0. The molecule has 0 saturated carbocycles. The molecule has 0 bridgehead atoms. The van der Waals surface area contributed by atoms with Gasteiger partial charge < -0.3 is 15.1 Å². The number of hydrogen-bond donors (Lipinski definition) is 1. The Labute approximate surface area is 152 Å². The number of hydrogen-bond acceptors (Lipinski definition) is 3. The molecule has 1 N–H and O–H groups in total. The fourth-order valence-electron chi connectivity index (χ4n) is 3.57. The lowest BCUT2D eigenvalue weighted by molar-refractivity contribution is -0.131. The number of urea groups is 1. The summed E-state index contributed by atoms with van der Waals surface area (Å²) in [5.74, 6) is 0.966. The maximum atomic E-state index is 12.4. The van der Waals surface area contributed by atoms with Gasteiger partial charge in [-0.15, -0.1) is 0 Å². The van der Waals surface area contributed by atoms with Crippen LogP contribution in [0.5, 0.6) is 0 Å². The summed E-state index contributed by atoms with van der Waals surface area (Å²) in [6, 6.07) is 0.267. The number of nitrogens with zero attached hydrogens (tertiary/aromatic N) is 3. The Morgan fingerprint density at radius 3 is 2.12 bits per heavy atom. The lowest BCUT2D eigenvalue weighted by atomic mass is 10.0. The van der Waals surface area contributed by atoms with Crippen LogP contribution >= 0.6 is 0 Å². The highest BCUT2D eigenvalue weighted by Gasteiger charge is 2.25. The summed E-state index contributed by atoms with van der Waals surface area (Å²) in [4.78, 5) is 30.6. The van der Waals surface area contributed by atoms with Crippen LogP contribution < -0.4 is 5.32 Å². The second-order valence-electron chi connectivity index (χ2n) is 8.03. The fraction of sp³-hybridized carbons (Fsp3) is 0.895. The molecule has 144 valence electrons. The van der Waals surface area contributed by atoms with Crippen molar-refractivity contribution in [1.29, 1.82) is 0 Å². The average molecular weight is 353 g/mol. The molecule has 0 radical (unpaired) electrons. The molecule has 2 rings (SSSR count). The molecule has 0 aromatic heterocycles. The zero-order valence-corrected chi connectivity index (χ0v) is 16.3. The maximum Gasteiger partial charge on any atom is 0.317 e. The van der Waals surface area contributed by atoms with Crippen molar-refractivity contribution in [3.05, 3.63) is 0 Å². The maximum absolute atomic E-state index is 12.4. The van der Waals surface area contributed by atoms with E-state index in [1.165, 1.54) is 6.42 Å². The molecule has 0 aromatic rings. The van der Waals surface area contributed by atoms with Gasteiger partial charge in [0.2, 0.25) is 5.91 Å². The number of rotatable bonds is 7. The number of nitrogens with one attached hydrogen (secondary N) is 1. The van der Waals surface area contributed by atoms with Crippen molar-refractivity contribution >= 4 is 11.9 Å². The Morgan fingerprint density at radius 2 is 1.52 bits per heavy atom. The van der Waals surface area contributed by atoms with Crippen molar-refractivity contribution in [2.24, 2.45) is 5.92 Å². The van der Waals surface area contributed by atoms with Crippen LogP contribution in [0.25, 0.3) is 0 Å². The van der Waals surface area contributed by atoms with Gasteiger partial charge in [0.05, 0.1) is 6.54 Å². The van der Waals surface area contributed by atoms with Gasteiger partial charge in [0.25, 0.3) is 0 Å². The Bertz CT molecular complexity index is 427. The third-order valence-electron chi connectivity index (χ3n) is 5.27. The number of piperazine rings is 1. The van der Waals surface area contributed by atoms with Crippen molar-refractivity contribution in [2.75, 3.05) is 45.8 Å². The topological polar surface area (TPSA) is 55.9 Å². The largest absolute Gasteiger partial charge is 0.342 e. The normalized spacial score (nSPS) is 20.2. The number of carbonyl (C=O) groups is 2. The van der Waals surface area contributed by atoms with Gasteiger partial charge in [-0.3, -0.25) is 9.69 Å². The van der Waals surface area contributed by atoms with E-state index in [9.17, 15) is 9.59 Å². The molecule has 0 aromatic carbocycles. The molecule has 2 aliphatic rings. The van der Waals surface area contributed by atoms with E-state index in [1.807, 2.05) is 9.80 Å². The quantitative estimate of drug-likeness (QED) is 0.764. The number of likely N-dealkylation sites (tertiary alicyclic amines) is 1. The van der Waals surface area contributed by atoms with Gasteiger partial charge in [-0.05, 0) is 32.1 Å². The summed E-state index contributed by atoms with van der Waals surface area (Å²) >= 11 is 0. The van der Waals surface area contributed by atoms with Crippen molar-refractivity contribution in [1.82, 2.24) is 20.0 Å². The summed E-state index contributed by atoms with van der Waals surface area (Å²) in [5, 5.41) is 3.12. The minimum Gasteiger partial charge on any atom is -0.342 e. The first-order valence-electron chi connectivity index (χ1n) is 10.0. The summed E-state index contributed by atoms with van der Waals surface area (Å²) < 4.78 is 0. The summed E-state index contributed by atoms with van der Waals surface area (Å²) in [5.41, 5.74) is 0. The summed E-state index contributed by atoms with van der Waals surface area (Å²) in [6.45, 7) is 11.9. The first-order chi connectivity index (χ1) is 12.0. The van der Waals surface area contributed by atoms with E-state index in [0.29, 0.717) is 19.6 Å². The zero-order chi connectivity index (χ0) is 18.2. The van der Waals surface area contributed by atoms with E-state index < -0.39 is 0 Å². The number of amides is 3. The molecule has 3 amide bonds. The van der Waals surface area contributed by atoms with Gasteiger partial charge in [0.1, 0.15) is 0 Å². The van der Waals surface area contributed by atoms with Crippen LogP contribution in [0.15, 0.2) is 0 Å². The van der Waals surface area contributed by atoms with E-state index in [4.69, 9.17) is 0 Å². The monoisotopic (exact) mass is 352 g/mol. The van der Waals surface area contributed by atoms with Gasteiger partial charge in [-0.25, -0.2) is 4.79 Å². The Hall–Kier alpha value is -1.30. The van der Waals surface area contributed by atoms with Crippen LogP contribution in [0.4, 0.5) is 4.79 Å². The molecule has 0 spiro atoms. The van der Waals surface area contributed by atoms with E-state index in [1.54, 1.807) is 0 Å². The van der Waals surface area contributed by atoms with E-state index >= 15 is 0 Å². The lowest BCUT2D eigenvalue weighted by Crippen LogP contribution is -2.54. The van der Waals surface area contributed by atoms with Crippen molar-refractivity contribution < 1.29 is 9.59 Å². The molecule has 1 atom stereocenters. The Kier molecular flexibility index (Phi) is 8.00. The molecule has 6 heteroatoms. The van der Waals surface area contributed by atoms with Gasteiger partial charge in [-0.1, -0.05) is 26.7 Å². The highest BCUT2D eigenvalue weighted by Crippen LogP contribution is 2.11. The standard InChI is InChI=1S/C19H36N4O2/c1-16(2)7-6-8-17(3)20-19(25)23-13-11-21(12-14-23)15-18(24)22-9-4-5-10-22/h16-17H,4-15H2,1-3H3,(H,20,25). The van der Waals surface area contributed by atoms with Crippen LogP contribution in [-0.2, 0) is 4.79 Å². The molecule has 2 saturated heterocycles. The molecule has 25 heavy (non-hydrogen) atoms. The van der Waals surface area contributed by atoms with Crippen LogP contribution in [0.2, 0.25) is 0 Å². The van der Waals surface area contributed by atoms with Crippen LogP contribution in [0.3, 0.4) is 0 Å². The zero-order valence-electron chi connectivity index (χ0n) is 16.3. The molecule has 1 unspecified atom stereocenters. The first kappa shape index (κ1) is 20.0. The van der Waals surface area contributed by atoms with E-state index in [-0.39, 0.29) is 18.0 Å². The van der Waals surface area contributed by atoms with Gasteiger partial charge in [0, 0.05) is 45.3 Å². The van der Waals surface area contributed by atoms with Crippen LogP contribution in [0.1, 0.15) is 52.9 Å². The minimum absolute atomic E-state index is 0.0440. The average Bonchev–Trinajstić information content (AvgIpc) is 3.09. The summed E-state index contributed by atoms with van der Waals surface area (Å²) in [7, 11) is 0. The van der Waals surface area contributed by atoms with Crippen molar-refractivity contribution in [2.45, 2.75) is 58.9 Å². The second kappa shape index (κ2) is 10.00. The molecule has 2 fully saturated rings. The molecule has 6 nitrogen and oxygen atoms in total. The van der Waals surface area contributed by atoms with Crippen molar-refractivity contribution in [3.8, 4) is 0 Å². The lowest BCUT2D eigenvalue weighted by Gasteiger charge is -2.35. The Morgan fingerprint density at radius 1 is 0.880 bits per heavy atom. The van der Waals surface area contributed by atoms with Crippen LogP contribution in [-0.4, -0.2) is 78.5 Å². The van der Waals surface area contributed by atoms with E-state index in [2.05, 4.69) is 31.0 Å². The molecule has 2 aliphatic heterocycles. The van der Waals surface area contributed by atoms with Crippen LogP contribution in [0, 0.1) is 5.92 Å². The summed E-state index contributed by atoms with van der Waals surface area (Å²) in [6.07, 6.45) is 5.67. The fourth-order valence-corrected chi connectivity index (χ4v) is 3.57. The smallest absolute Gasteiger partial charge is 0.317 e. The van der Waals surface area contributed by atoms with Gasteiger partial charge >= 0.3 is 6.03 Å². The third kappa shape index (κ3) is 6.84. The highest BCUT2D eigenvalue weighted by molar-refractivity contribution is 5.78.